The van der Waals surface area contributed by atoms with Crippen LogP contribution < -0.4 is 5.32 Å². The molecule has 1 saturated carbocycles. The van der Waals surface area contributed by atoms with Crippen molar-refractivity contribution >= 4 is 28.8 Å². The number of aromatic amines is 1. The van der Waals surface area contributed by atoms with Crippen LogP contribution in [-0.4, -0.2) is 62.6 Å². The van der Waals surface area contributed by atoms with Gasteiger partial charge in [-0.1, -0.05) is 30.3 Å². The van der Waals surface area contributed by atoms with Crippen LogP contribution in [0.3, 0.4) is 0 Å². The number of rotatable bonds is 7. The van der Waals surface area contributed by atoms with Crippen molar-refractivity contribution < 1.29 is 43.9 Å². The minimum Gasteiger partial charge on any atom is -0.481 e. The predicted molar refractivity (Wildman–Crippen MR) is 142 cm³/mol. The van der Waals surface area contributed by atoms with E-state index in [9.17, 15) is 18.8 Å². The first-order chi connectivity index (χ1) is 18.9. The number of carboxylic acid groups (broad SMARTS) is 3. The Labute approximate surface area is 229 Å². The lowest BCUT2D eigenvalue weighted by molar-refractivity contribution is -0.170. The lowest BCUT2D eigenvalue weighted by Gasteiger charge is -2.48. The first-order valence-corrected chi connectivity index (χ1v) is 13.0. The summed E-state index contributed by atoms with van der Waals surface area (Å²) in [5.41, 5.74) is 1.75. The van der Waals surface area contributed by atoms with Crippen LogP contribution in [0.15, 0.2) is 48.5 Å². The number of fused-ring (bicyclic) bond motifs is 4. The number of carbonyl (C=O) groups is 3. The quantitative estimate of drug-likeness (QED) is 0.255. The van der Waals surface area contributed by atoms with Gasteiger partial charge >= 0.3 is 17.9 Å². The van der Waals surface area contributed by atoms with E-state index in [1.807, 2.05) is 6.07 Å². The van der Waals surface area contributed by atoms with Crippen molar-refractivity contribution in [2.24, 2.45) is 0 Å². The average Bonchev–Trinajstić information content (AvgIpc) is 3.29. The third kappa shape index (κ3) is 5.72. The van der Waals surface area contributed by atoms with E-state index in [1.165, 1.54) is 22.9 Å². The van der Waals surface area contributed by atoms with Gasteiger partial charge in [0.25, 0.3) is 0 Å². The molecular weight excluding hydrogens is 523 g/mol. The van der Waals surface area contributed by atoms with Gasteiger partial charge in [-0.3, -0.25) is 9.59 Å². The zero-order chi connectivity index (χ0) is 29.1. The van der Waals surface area contributed by atoms with Crippen LogP contribution in [0.5, 0.6) is 0 Å². The second kappa shape index (κ2) is 11.4. The van der Waals surface area contributed by atoms with E-state index < -0.39 is 36.4 Å². The molecule has 5 rings (SSSR count). The van der Waals surface area contributed by atoms with Gasteiger partial charge in [0.15, 0.2) is 5.60 Å². The molecule has 3 aromatic rings. The molecule has 214 valence electrons. The van der Waals surface area contributed by atoms with Gasteiger partial charge in [-0.05, 0) is 68.5 Å². The first-order valence-electron chi connectivity index (χ1n) is 13.0. The number of aliphatic carboxylic acids is 3. The summed E-state index contributed by atoms with van der Waals surface area (Å²) in [7, 11) is 2.06. The van der Waals surface area contributed by atoms with Gasteiger partial charge in [0.05, 0.1) is 25.1 Å². The zero-order valence-electron chi connectivity index (χ0n) is 22.1. The Bertz CT molecular complexity index is 1380. The van der Waals surface area contributed by atoms with Gasteiger partial charge in [0.1, 0.15) is 11.4 Å². The second-order valence-electron chi connectivity index (χ2n) is 10.4. The number of ether oxygens (including phenoxy) is 1. The molecule has 10 nitrogen and oxygen atoms in total. The third-order valence-electron chi connectivity index (χ3n) is 8.06. The van der Waals surface area contributed by atoms with Gasteiger partial charge in [0.2, 0.25) is 0 Å². The fraction of sp³-hybridized carbons (Fsp3) is 0.414. The Balaban J connectivity index is 0.000000243. The Morgan fingerprint density at radius 2 is 1.62 bits per heavy atom. The minimum atomic E-state index is -2.74. The van der Waals surface area contributed by atoms with Crippen molar-refractivity contribution in [3.8, 4) is 0 Å². The zero-order valence-corrected chi connectivity index (χ0v) is 22.1. The van der Waals surface area contributed by atoms with E-state index in [-0.39, 0.29) is 17.0 Å². The highest BCUT2D eigenvalue weighted by molar-refractivity contribution is 5.88. The van der Waals surface area contributed by atoms with Crippen molar-refractivity contribution in [3.63, 3.8) is 0 Å². The SMILES string of the molecule is CNC1(c2ccccc2)CCC2(CC1)OCCc1c2[nH]c2ccc(F)cc12.O=C(O)CC(O)(CC(=O)O)C(=O)O. The number of benzene rings is 2. The number of hydrogen-bond donors (Lipinski definition) is 6. The summed E-state index contributed by atoms with van der Waals surface area (Å²) < 4.78 is 20.2. The number of aliphatic hydroxyl groups is 1. The van der Waals surface area contributed by atoms with Crippen LogP contribution in [0.4, 0.5) is 4.39 Å². The normalized spacial score (nSPS) is 22.3. The predicted octanol–water partition coefficient (Wildman–Crippen LogP) is 3.52. The smallest absolute Gasteiger partial charge is 0.336 e. The summed E-state index contributed by atoms with van der Waals surface area (Å²) in [4.78, 5) is 34.1. The van der Waals surface area contributed by atoms with E-state index in [2.05, 4.69) is 47.7 Å². The van der Waals surface area contributed by atoms with Crippen molar-refractivity contribution in [1.29, 1.82) is 0 Å². The minimum absolute atomic E-state index is 0.00833. The molecule has 0 amide bonds. The molecule has 1 fully saturated rings. The van der Waals surface area contributed by atoms with Crippen LogP contribution in [0.1, 0.15) is 55.3 Å². The Morgan fingerprint density at radius 3 is 2.17 bits per heavy atom. The monoisotopic (exact) mass is 556 g/mol. The summed E-state index contributed by atoms with van der Waals surface area (Å²) in [5, 5.41) is 38.4. The van der Waals surface area contributed by atoms with Crippen LogP contribution in [0, 0.1) is 5.82 Å². The fourth-order valence-corrected chi connectivity index (χ4v) is 5.92. The van der Waals surface area contributed by atoms with Gasteiger partial charge in [0, 0.05) is 16.4 Å². The number of hydrogen-bond acceptors (Lipinski definition) is 6. The number of H-pyrrole nitrogens is 1. The number of carboxylic acids is 3. The molecule has 0 saturated heterocycles. The molecule has 11 heteroatoms. The van der Waals surface area contributed by atoms with Crippen LogP contribution in [0.2, 0.25) is 0 Å². The first kappa shape index (κ1) is 29.2. The molecule has 2 aliphatic rings. The summed E-state index contributed by atoms with van der Waals surface area (Å²) >= 11 is 0. The van der Waals surface area contributed by atoms with E-state index in [1.54, 1.807) is 6.07 Å². The topological polar surface area (TPSA) is 169 Å². The Hall–Kier alpha value is -3.80. The molecule has 1 aliphatic heterocycles. The second-order valence-corrected chi connectivity index (χ2v) is 10.4. The van der Waals surface area contributed by atoms with E-state index >= 15 is 0 Å². The maximum Gasteiger partial charge on any atom is 0.336 e. The molecule has 2 aromatic carbocycles. The van der Waals surface area contributed by atoms with Gasteiger partial charge in [-0.2, -0.15) is 0 Å². The lowest BCUT2D eigenvalue weighted by atomic mass is 9.68. The van der Waals surface area contributed by atoms with Crippen molar-refractivity contribution in [2.45, 2.75) is 61.7 Å². The molecule has 1 spiro atoms. The molecule has 0 bridgehead atoms. The fourth-order valence-electron chi connectivity index (χ4n) is 5.92. The Morgan fingerprint density at radius 1 is 1.00 bits per heavy atom. The molecule has 1 aliphatic carbocycles. The maximum atomic E-state index is 13.8. The number of halogens is 1. The average molecular weight is 557 g/mol. The van der Waals surface area contributed by atoms with Gasteiger partial charge in [-0.25, -0.2) is 9.18 Å². The van der Waals surface area contributed by atoms with Crippen molar-refractivity contribution in [1.82, 2.24) is 10.3 Å². The largest absolute Gasteiger partial charge is 0.481 e. The van der Waals surface area contributed by atoms with Crippen LogP contribution >= 0.6 is 0 Å². The molecule has 6 N–H and O–H groups in total. The number of aromatic nitrogens is 1. The lowest BCUT2D eigenvalue weighted by Crippen LogP contribution is -2.49. The molecule has 1 aromatic heterocycles. The summed E-state index contributed by atoms with van der Waals surface area (Å²) in [6.07, 6.45) is 2.48. The van der Waals surface area contributed by atoms with Gasteiger partial charge in [-0.15, -0.1) is 0 Å². The molecule has 0 unspecified atom stereocenters. The third-order valence-corrected chi connectivity index (χ3v) is 8.06. The molecule has 0 atom stereocenters. The Kier molecular flexibility index (Phi) is 8.29. The van der Waals surface area contributed by atoms with Crippen LogP contribution in [0.25, 0.3) is 10.9 Å². The number of nitrogens with one attached hydrogen (secondary N) is 2. The molecule has 0 radical (unpaired) electrons. The highest BCUT2D eigenvalue weighted by atomic mass is 19.1. The van der Waals surface area contributed by atoms with Crippen LogP contribution in [-0.2, 0) is 36.7 Å². The van der Waals surface area contributed by atoms with E-state index in [0.717, 1.165) is 43.0 Å². The van der Waals surface area contributed by atoms with Crippen molar-refractivity contribution in [3.05, 3.63) is 71.2 Å². The van der Waals surface area contributed by atoms with Crippen molar-refractivity contribution in [2.75, 3.05) is 13.7 Å². The molecule has 2 heterocycles. The van der Waals surface area contributed by atoms with E-state index in [0.29, 0.717) is 6.61 Å². The maximum absolute atomic E-state index is 13.8. The highest BCUT2D eigenvalue weighted by Gasteiger charge is 2.48. The molecule has 40 heavy (non-hydrogen) atoms. The van der Waals surface area contributed by atoms with E-state index in [4.69, 9.17) is 25.2 Å². The standard InChI is InChI=1S/C23H25FN2O.C6H8O7/c1-25-22(16-5-3-2-4-6-16)10-12-23(13-11-22)21-18(9-14-27-23)19-15-17(24)7-8-20(19)26-21;7-3(8)1-6(13,5(11)12)2-4(9)10/h2-8,15,25-26H,9-14H2,1H3;13H,1-2H2,(H,7,8)(H,9,10)(H,11,12). The van der Waals surface area contributed by atoms with Gasteiger partial charge < -0.3 is 35.5 Å². The summed E-state index contributed by atoms with van der Waals surface area (Å²) in [5.74, 6) is -5.19. The summed E-state index contributed by atoms with van der Waals surface area (Å²) in [6.45, 7) is 0.703. The molecular formula is C29H33FN2O8. The highest BCUT2D eigenvalue weighted by Crippen LogP contribution is 2.50. The summed E-state index contributed by atoms with van der Waals surface area (Å²) in [6, 6.07) is 15.8.